The van der Waals surface area contributed by atoms with Gasteiger partial charge in [0.05, 0.1) is 25.9 Å². The number of ether oxygens (including phenoxy) is 4. The SMILES string of the molecule is CCCCOc1ccc(OC(=O)C2(C#N)COC(CCCC)OC2)cc1. The van der Waals surface area contributed by atoms with Crippen LogP contribution in [0.15, 0.2) is 24.3 Å². The molecule has 1 aromatic rings. The second kappa shape index (κ2) is 10.1. The van der Waals surface area contributed by atoms with E-state index in [-0.39, 0.29) is 19.5 Å². The quantitative estimate of drug-likeness (QED) is 0.378. The van der Waals surface area contributed by atoms with Crippen molar-refractivity contribution in [1.82, 2.24) is 0 Å². The highest BCUT2D eigenvalue weighted by molar-refractivity contribution is 5.82. The van der Waals surface area contributed by atoms with Gasteiger partial charge < -0.3 is 18.9 Å². The van der Waals surface area contributed by atoms with E-state index >= 15 is 0 Å². The maximum absolute atomic E-state index is 12.5. The number of hydrogen-bond acceptors (Lipinski definition) is 6. The summed E-state index contributed by atoms with van der Waals surface area (Å²) in [6, 6.07) is 8.80. The first-order valence-electron chi connectivity index (χ1n) is 9.23. The molecule has 1 saturated heterocycles. The van der Waals surface area contributed by atoms with Gasteiger partial charge in [-0.05, 0) is 43.5 Å². The van der Waals surface area contributed by atoms with Crippen molar-refractivity contribution in [1.29, 1.82) is 5.26 Å². The van der Waals surface area contributed by atoms with Crippen molar-refractivity contribution < 1.29 is 23.7 Å². The van der Waals surface area contributed by atoms with Gasteiger partial charge >= 0.3 is 5.97 Å². The molecule has 1 aliphatic rings. The van der Waals surface area contributed by atoms with Gasteiger partial charge in [-0.25, -0.2) is 4.79 Å². The molecule has 6 nitrogen and oxygen atoms in total. The zero-order valence-corrected chi connectivity index (χ0v) is 15.5. The fraction of sp³-hybridized carbons (Fsp3) is 0.600. The third-order valence-corrected chi connectivity index (χ3v) is 4.23. The molecule has 1 aromatic carbocycles. The van der Waals surface area contributed by atoms with Gasteiger partial charge in [0.1, 0.15) is 11.5 Å². The molecule has 0 aliphatic carbocycles. The molecule has 0 spiro atoms. The maximum Gasteiger partial charge on any atom is 0.336 e. The standard InChI is InChI=1S/C20H27NO5/c1-3-5-7-18-24-14-20(13-21,15-25-18)19(22)26-17-10-8-16(9-11-17)23-12-6-4-2/h8-11,18H,3-7,12,14-15H2,1-2H3. The molecule has 0 N–H and O–H groups in total. The summed E-state index contributed by atoms with van der Waals surface area (Å²) in [5, 5.41) is 9.49. The van der Waals surface area contributed by atoms with Crippen molar-refractivity contribution in [3.63, 3.8) is 0 Å². The van der Waals surface area contributed by atoms with Gasteiger partial charge in [-0.2, -0.15) is 5.26 Å². The van der Waals surface area contributed by atoms with Gasteiger partial charge in [0.25, 0.3) is 0 Å². The molecule has 0 bridgehead atoms. The number of carbonyl (C=O) groups is 1. The molecule has 26 heavy (non-hydrogen) atoms. The molecule has 1 heterocycles. The van der Waals surface area contributed by atoms with E-state index < -0.39 is 11.4 Å². The van der Waals surface area contributed by atoms with Gasteiger partial charge in [-0.15, -0.1) is 0 Å². The molecule has 1 fully saturated rings. The number of benzene rings is 1. The Kier molecular flexibility index (Phi) is 7.89. The summed E-state index contributed by atoms with van der Waals surface area (Å²) >= 11 is 0. The molecule has 1 aliphatic heterocycles. The minimum absolute atomic E-state index is 0.0189. The first kappa shape index (κ1) is 20.2. The second-order valence-electron chi connectivity index (χ2n) is 6.45. The summed E-state index contributed by atoms with van der Waals surface area (Å²) in [6.07, 6.45) is 4.46. The lowest BCUT2D eigenvalue weighted by Crippen LogP contribution is -2.48. The third kappa shape index (κ3) is 5.45. The largest absolute Gasteiger partial charge is 0.494 e. The summed E-state index contributed by atoms with van der Waals surface area (Å²) in [5.41, 5.74) is -1.43. The van der Waals surface area contributed by atoms with E-state index in [1.165, 1.54) is 0 Å². The molecule has 6 heteroatoms. The number of unbranched alkanes of at least 4 members (excludes halogenated alkanes) is 2. The van der Waals surface area contributed by atoms with Crippen LogP contribution in [0.2, 0.25) is 0 Å². The smallest absolute Gasteiger partial charge is 0.336 e. The highest BCUT2D eigenvalue weighted by Gasteiger charge is 2.46. The van der Waals surface area contributed by atoms with Gasteiger partial charge in [-0.3, -0.25) is 0 Å². The lowest BCUT2D eigenvalue weighted by molar-refractivity contribution is -0.223. The predicted octanol–water partition coefficient (Wildman–Crippen LogP) is 3.84. The Labute approximate surface area is 155 Å². The zero-order valence-electron chi connectivity index (χ0n) is 15.5. The van der Waals surface area contributed by atoms with Crippen molar-refractivity contribution in [2.45, 2.75) is 52.2 Å². The fourth-order valence-corrected chi connectivity index (χ4v) is 2.47. The predicted molar refractivity (Wildman–Crippen MR) is 95.7 cm³/mol. The summed E-state index contributed by atoms with van der Waals surface area (Å²) in [4.78, 5) is 12.5. The van der Waals surface area contributed by atoms with Crippen LogP contribution in [-0.2, 0) is 14.3 Å². The molecule has 0 radical (unpaired) electrons. The molecule has 0 amide bonds. The van der Waals surface area contributed by atoms with E-state index in [0.29, 0.717) is 12.4 Å². The van der Waals surface area contributed by atoms with E-state index in [0.717, 1.165) is 37.9 Å². The van der Waals surface area contributed by atoms with E-state index in [9.17, 15) is 10.1 Å². The summed E-state index contributed by atoms with van der Waals surface area (Å²) in [5.74, 6) is 0.422. The van der Waals surface area contributed by atoms with E-state index in [4.69, 9.17) is 18.9 Å². The van der Waals surface area contributed by atoms with Gasteiger partial charge in [0, 0.05) is 0 Å². The third-order valence-electron chi connectivity index (χ3n) is 4.23. The fourth-order valence-electron chi connectivity index (χ4n) is 2.47. The lowest BCUT2D eigenvalue weighted by Gasteiger charge is -2.33. The molecule has 2 rings (SSSR count). The minimum atomic E-state index is -1.43. The number of esters is 1. The van der Waals surface area contributed by atoms with Crippen LogP contribution in [0.1, 0.15) is 46.0 Å². The molecule has 0 saturated carbocycles. The average molecular weight is 361 g/mol. The Morgan fingerprint density at radius 2 is 1.77 bits per heavy atom. The maximum atomic E-state index is 12.5. The average Bonchev–Trinajstić information content (AvgIpc) is 2.68. The normalized spacial score (nSPS) is 22.4. The molecule has 142 valence electrons. The van der Waals surface area contributed by atoms with Crippen LogP contribution in [0.5, 0.6) is 11.5 Å². The van der Waals surface area contributed by atoms with Crippen molar-refractivity contribution >= 4 is 5.97 Å². The molecular weight excluding hydrogens is 334 g/mol. The number of hydrogen-bond donors (Lipinski definition) is 0. The van der Waals surface area contributed by atoms with Crippen LogP contribution in [0.4, 0.5) is 0 Å². The Balaban J connectivity index is 1.90. The van der Waals surface area contributed by atoms with Gasteiger partial charge in [0.2, 0.25) is 5.41 Å². The molecular formula is C20H27NO5. The Hall–Kier alpha value is -2.10. The number of nitrogens with zero attached hydrogens (tertiary/aromatic N) is 1. The molecule has 0 unspecified atom stereocenters. The Bertz CT molecular complexity index is 600. The van der Waals surface area contributed by atoms with Crippen LogP contribution in [0.25, 0.3) is 0 Å². The highest BCUT2D eigenvalue weighted by atomic mass is 16.7. The number of rotatable bonds is 9. The van der Waals surface area contributed by atoms with Gasteiger partial charge in [0.15, 0.2) is 6.29 Å². The first-order valence-corrected chi connectivity index (χ1v) is 9.23. The van der Waals surface area contributed by atoms with E-state index in [1.807, 2.05) is 6.07 Å². The van der Waals surface area contributed by atoms with Crippen LogP contribution in [-0.4, -0.2) is 32.1 Å². The summed E-state index contributed by atoms with van der Waals surface area (Å²) in [7, 11) is 0. The first-order chi connectivity index (χ1) is 12.6. The Morgan fingerprint density at radius 1 is 1.15 bits per heavy atom. The summed E-state index contributed by atoms with van der Waals surface area (Å²) in [6.45, 7) is 4.80. The summed E-state index contributed by atoms with van der Waals surface area (Å²) < 4.78 is 22.1. The van der Waals surface area contributed by atoms with Crippen molar-refractivity contribution in [3.8, 4) is 17.6 Å². The topological polar surface area (TPSA) is 77.8 Å². The van der Waals surface area contributed by atoms with Gasteiger partial charge in [-0.1, -0.05) is 26.7 Å². The van der Waals surface area contributed by atoms with Crippen LogP contribution < -0.4 is 9.47 Å². The Morgan fingerprint density at radius 3 is 2.35 bits per heavy atom. The monoisotopic (exact) mass is 361 g/mol. The lowest BCUT2D eigenvalue weighted by atomic mass is 9.91. The van der Waals surface area contributed by atoms with E-state index in [1.54, 1.807) is 24.3 Å². The highest BCUT2D eigenvalue weighted by Crippen LogP contribution is 2.29. The van der Waals surface area contributed by atoms with Crippen molar-refractivity contribution in [2.75, 3.05) is 19.8 Å². The minimum Gasteiger partial charge on any atom is -0.494 e. The zero-order chi connectivity index (χ0) is 18.8. The van der Waals surface area contributed by atoms with Crippen LogP contribution >= 0.6 is 0 Å². The molecule has 0 atom stereocenters. The van der Waals surface area contributed by atoms with Crippen molar-refractivity contribution in [3.05, 3.63) is 24.3 Å². The number of carbonyl (C=O) groups excluding carboxylic acids is 1. The van der Waals surface area contributed by atoms with Crippen molar-refractivity contribution in [2.24, 2.45) is 5.41 Å². The van der Waals surface area contributed by atoms with E-state index in [2.05, 4.69) is 13.8 Å². The second-order valence-corrected chi connectivity index (χ2v) is 6.45. The van der Waals surface area contributed by atoms with Crippen LogP contribution in [0.3, 0.4) is 0 Å². The van der Waals surface area contributed by atoms with Crippen LogP contribution in [0, 0.1) is 16.7 Å². The molecule has 0 aromatic heterocycles. The number of nitriles is 1.